The van der Waals surface area contributed by atoms with E-state index in [0.29, 0.717) is 17.8 Å². The van der Waals surface area contributed by atoms with E-state index in [1.54, 1.807) is 11.8 Å². The Morgan fingerprint density at radius 3 is 2.52 bits per heavy atom. The van der Waals surface area contributed by atoms with Gasteiger partial charge in [0.25, 0.3) is 0 Å². The predicted molar refractivity (Wildman–Crippen MR) is 130 cm³/mol. The Labute approximate surface area is 195 Å². The highest BCUT2D eigenvalue weighted by molar-refractivity contribution is 7.98. The van der Waals surface area contributed by atoms with Crippen LogP contribution in [0.4, 0.5) is 11.4 Å². The average molecular weight is 458 g/mol. The molecule has 0 saturated carbocycles. The Hall–Kier alpha value is -3.16. The second-order valence-corrected chi connectivity index (χ2v) is 9.87. The molecule has 3 amide bonds. The molecule has 0 unspecified atom stereocenters. The normalized spacial score (nSPS) is 28.0. The first-order valence-corrected chi connectivity index (χ1v) is 12.5. The van der Waals surface area contributed by atoms with Crippen LogP contribution in [0.15, 0.2) is 66.7 Å². The number of fused-ring (bicyclic) bond motifs is 5. The highest BCUT2D eigenvalue weighted by atomic mass is 32.2. The molecule has 3 aromatic rings. The molecular weight excluding hydrogens is 434 g/mol. The third-order valence-corrected chi connectivity index (χ3v) is 7.89. The van der Waals surface area contributed by atoms with E-state index < -0.39 is 17.4 Å². The number of hydrogen-bond donors (Lipinski definition) is 2. The van der Waals surface area contributed by atoms with Crippen molar-refractivity contribution in [1.82, 2.24) is 5.32 Å². The zero-order valence-corrected chi connectivity index (χ0v) is 18.9. The Kier molecular flexibility index (Phi) is 4.61. The van der Waals surface area contributed by atoms with Gasteiger partial charge in [-0.3, -0.25) is 19.7 Å². The fraction of sp³-hybridized carbons (Fsp3) is 0.269. The van der Waals surface area contributed by atoms with Gasteiger partial charge in [0.1, 0.15) is 5.54 Å². The Morgan fingerprint density at radius 2 is 1.70 bits per heavy atom. The molecule has 0 aromatic heterocycles. The predicted octanol–water partition coefficient (Wildman–Crippen LogP) is 3.52. The summed E-state index contributed by atoms with van der Waals surface area (Å²) in [7, 11) is 0. The summed E-state index contributed by atoms with van der Waals surface area (Å²) in [6, 6.07) is 20.7. The monoisotopic (exact) mass is 457 g/mol. The van der Waals surface area contributed by atoms with Crippen LogP contribution in [-0.4, -0.2) is 35.8 Å². The molecule has 7 heteroatoms. The molecule has 3 aromatic carbocycles. The maximum Gasteiger partial charge on any atom is 0.250 e. The van der Waals surface area contributed by atoms with Gasteiger partial charge in [0.15, 0.2) is 0 Å². The molecule has 3 aliphatic rings. The Balaban J connectivity index is 1.49. The van der Waals surface area contributed by atoms with Gasteiger partial charge in [-0.05, 0) is 47.4 Å². The lowest BCUT2D eigenvalue weighted by atomic mass is 9.76. The molecule has 0 radical (unpaired) electrons. The maximum atomic E-state index is 13.9. The lowest BCUT2D eigenvalue weighted by molar-refractivity contribution is -0.130. The Morgan fingerprint density at radius 1 is 0.939 bits per heavy atom. The summed E-state index contributed by atoms with van der Waals surface area (Å²) >= 11 is 1.69. The van der Waals surface area contributed by atoms with E-state index in [-0.39, 0.29) is 23.8 Å². The summed E-state index contributed by atoms with van der Waals surface area (Å²) in [5.41, 5.74) is 0.772. The van der Waals surface area contributed by atoms with E-state index in [1.165, 1.54) is 4.90 Å². The molecule has 33 heavy (non-hydrogen) atoms. The molecule has 166 valence electrons. The van der Waals surface area contributed by atoms with Gasteiger partial charge >= 0.3 is 0 Å². The largest absolute Gasteiger partial charge is 0.324 e. The van der Waals surface area contributed by atoms with Crippen LogP contribution in [0.25, 0.3) is 10.8 Å². The van der Waals surface area contributed by atoms with Crippen molar-refractivity contribution in [3.8, 4) is 0 Å². The number of nitrogens with one attached hydrogen (secondary N) is 2. The third kappa shape index (κ3) is 2.75. The van der Waals surface area contributed by atoms with Gasteiger partial charge in [0.2, 0.25) is 17.7 Å². The number of rotatable bonds is 4. The van der Waals surface area contributed by atoms with Crippen LogP contribution < -0.4 is 15.5 Å². The summed E-state index contributed by atoms with van der Waals surface area (Å²) in [5, 5.41) is 8.43. The standard InChI is InChI=1S/C26H23N3O3S/c1-33-13-12-20-21-22(26(28-20)18-8-4-5-9-19(18)27-25(26)32)24(31)29(23(21)30)17-11-10-15-6-2-3-7-16(15)14-17/h2-11,14,20-22,28H,12-13H2,1H3,(H,27,32)/t20-,21+,22-,26-/m0/s1. The number of carbonyl (C=O) groups excluding carboxylic acids is 3. The minimum absolute atomic E-state index is 0.229. The molecule has 1 spiro atoms. The van der Waals surface area contributed by atoms with Crippen molar-refractivity contribution in [3.05, 3.63) is 72.3 Å². The van der Waals surface area contributed by atoms with E-state index in [0.717, 1.165) is 22.1 Å². The second kappa shape index (κ2) is 7.43. The number of imide groups is 1. The van der Waals surface area contributed by atoms with Crippen molar-refractivity contribution >= 4 is 51.6 Å². The van der Waals surface area contributed by atoms with Crippen LogP contribution in [0.3, 0.4) is 0 Å². The fourth-order valence-electron chi connectivity index (χ4n) is 5.82. The third-order valence-electron chi connectivity index (χ3n) is 7.25. The van der Waals surface area contributed by atoms with Crippen LogP contribution >= 0.6 is 11.8 Å². The summed E-state index contributed by atoms with van der Waals surface area (Å²) in [6.07, 6.45) is 2.72. The molecule has 0 aliphatic carbocycles. The first-order chi connectivity index (χ1) is 16.1. The quantitative estimate of drug-likeness (QED) is 0.586. The first kappa shape index (κ1) is 20.4. The maximum absolute atomic E-state index is 13.9. The molecule has 6 nitrogen and oxygen atoms in total. The van der Waals surface area contributed by atoms with Gasteiger partial charge in [-0.15, -0.1) is 0 Å². The number of anilines is 2. The van der Waals surface area contributed by atoms with Crippen molar-refractivity contribution < 1.29 is 14.4 Å². The van der Waals surface area contributed by atoms with Crippen LogP contribution in [0.5, 0.6) is 0 Å². The van der Waals surface area contributed by atoms with Gasteiger partial charge < -0.3 is 5.32 Å². The number of carbonyl (C=O) groups is 3. The van der Waals surface area contributed by atoms with Crippen molar-refractivity contribution in [2.45, 2.75) is 18.0 Å². The molecule has 0 bridgehead atoms. The van der Waals surface area contributed by atoms with E-state index in [4.69, 9.17) is 0 Å². The van der Waals surface area contributed by atoms with Gasteiger partial charge in [-0.25, -0.2) is 4.90 Å². The van der Waals surface area contributed by atoms with E-state index >= 15 is 0 Å². The van der Waals surface area contributed by atoms with Crippen LogP contribution in [-0.2, 0) is 19.9 Å². The summed E-state index contributed by atoms with van der Waals surface area (Å²) in [6.45, 7) is 0. The summed E-state index contributed by atoms with van der Waals surface area (Å²) in [4.78, 5) is 42.5. The molecule has 2 saturated heterocycles. The molecule has 2 N–H and O–H groups in total. The number of amides is 3. The topological polar surface area (TPSA) is 78.5 Å². The fourth-order valence-corrected chi connectivity index (χ4v) is 6.31. The lowest BCUT2D eigenvalue weighted by Gasteiger charge is -2.29. The van der Waals surface area contributed by atoms with E-state index in [9.17, 15) is 14.4 Å². The molecule has 2 fully saturated rings. The smallest absolute Gasteiger partial charge is 0.250 e. The highest BCUT2D eigenvalue weighted by Gasteiger charge is 2.70. The van der Waals surface area contributed by atoms with Crippen molar-refractivity contribution in [2.75, 3.05) is 22.2 Å². The summed E-state index contributed by atoms with van der Waals surface area (Å²) in [5.74, 6) is -1.34. The lowest BCUT2D eigenvalue weighted by Crippen LogP contribution is -2.53. The van der Waals surface area contributed by atoms with Crippen LogP contribution in [0.1, 0.15) is 12.0 Å². The molecular formula is C26H23N3O3S. The minimum Gasteiger partial charge on any atom is -0.324 e. The number of benzene rings is 3. The number of thioether (sulfide) groups is 1. The average Bonchev–Trinajstić information content (AvgIpc) is 3.42. The highest BCUT2D eigenvalue weighted by Crippen LogP contribution is 2.54. The second-order valence-electron chi connectivity index (χ2n) is 8.89. The molecule has 6 rings (SSSR count). The number of para-hydroxylation sites is 1. The van der Waals surface area contributed by atoms with Gasteiger partial charge in [-0.2, -0.15) is 11.8 Å². The van der Waals surface area contributed by atoms with E-state index in [2.05, 4.69) is 10.6 Å². The Bertz CT molecular complexity index is 1320. The number of hydrogen-bond acceptors (Lipinski definition) is 5. The van der Waals surface area contributed by atoms with Gasteiger partial charge in [0, 0.05) is 17.3 Å². The summed E-state index contributed by atoms with van der Waals surface area (Å²) < 4.78 is 0. The van der Waals surface area contributed by atoms with Crippen LogP contribution in [0.2, 0.25) is 0 Å². The molecule has 3 aliphatic heterocycles. The zero-order valence-electron chi connectivity index (χ0n) is 18.1. The minimum atomic E-state index is -1.23. The molecule has 4 atom stereocenters. The van der Waals surface area contributed by atoms with Crippen LogP contribution in [0, 0.1) is 11.8 Å². The van der Waals surface area contributed by atoms with Gasteiger partial charge in [0.05, 0.1) is 17.5 Å². The SMILES string of the molecule is CSCC[C@@H]1N[C@]2(C(=O)Nc3ccccc32)[C@@H]2C(=O)N(c3ccc4ccccc4c3)C(=O)[C@H]12. The first-order valence-electron chi connectivity index (χ1n) is 11.1. The van der Waals surface area contributed by atoms with Crippen molar-refractivity contribution in [3.63, 3.8) is 0 Å². The van der Waals surface area contributed by atoms with E-state index in [1.807, 2.05) is 73.0 Å². The zero-order chi connectivity index (χ0) is 22.7. The van der Waals surface area contributed by atoms with Crippen molar-refractivity contribution in [2.24, 2.45) is 11.8 Å². The molecule has 3 heterocycles. The van der Waals surface area contributed by atoms with Crippen molar-refractivity contribution in [1.29, 1.82) is 0 Å². The van der Waals surface area contributed by atoms with Gasteiger partial charge in [-0.1, -0.05) is 48.5 Å². The number of nitrogens with zero attached hydrogens (tertiary/aromatic N) is 1.